The summed E-state index contributed by atoms with van der Waals surface area (Å²) in [7, 11) is 1.86. The van der Waals surface area contributed by atoms with E-state index in [1.807, 2.05) is 7.05 Å². The predicted octanol–water partition coefficient (Wildman–Crippen LogP) is 4.27. The van der Waals surface area contributed by atoms with Gasteiger partial charge in [-0.1, -0.05) is 38.5 Å². The van der Waals surface area contributed by atoms with Crippen LogP contribution in [0.2, 0.25) is 0 Å². The van der Waals surface area contributed by atoms with Gasteiger partial charge in [0.25, 0.3) is 0 Å². The lowest BCUT2D eigenvalue weighted by atomic mass is 9.94. The van der Waals surface area contributed by atoms with E-state index in [0.29, 0.717) is 12.3 Å². The van der Waals surface area contributed by atoms with Crippen LogP contribution < -0.4 is 5.32 Å². The summed E-state index contributed by atoms with van der Waals surface area (Å²) >= 11 is 0. The van der Waals surface area contributed by atoms with Crippen molar-refractivity contribution in [2.75, 3.05) is 7.05 Å². The first-order valence-electron chi connectivity index (χ1n) is 6.70. The number of likely N-dealkylation sites (N-methyl/N-ethyl adjacent to an activating group) is 1. The fourth-order valence-electron chi connectivity index (χ4n) is 2.11. The van der Waals surface area contributed by atoms with Gasteiger partial charge in [0.05, 0.1) is 5.56 Å². The van der Waals surface area contributed by atoms with Crippen LogP contribution in [0.15, 0.2) is 24.3 Å². The van der Waals surface area contributed by atoms with Crippen LogP contribution in [0, 0.1) is 5.92 Å². The van der Waals surface area contributed by atoms with Gasteiger partial charge in [-0.3, -0.25) is 0 Å². The molecule has 108 valence electrons. The highest BCUT2D eigenvalue weighted by molar-refractivity contribution is 5.26. The fraction of sp³-hybridized carbons (Fsp3) is 0.600. The van der Waals surface area contributed by atoms with Crippen LogP contribution in [-0.4, -0.2) is 13.1 Å². The summed E-state index contributed by atoms with van der Waals surface area (Å²) < 4.78 is 37.9. The Kier molecular flexibility index (Phi) is 5.85. The van der Waals surface area contributed by atoms with Crippen LogP contribution in [-0.2, 0) is 12.6 Å². The molecular formula is C15H22F3N. The van der Waals surface area contributed by atoms with E-state index >= 15 is 0 Å². The van der Waals surface area contributed by atoms with Crippen LogP contribution in [0.5, 0.6) is 0 Å². The molecule has 1 rings (SSSR count). The standard InChI is InChI=1S/C15H22F3N/c1-4-11(2)8-14(19-3)10-12-6-5-7-13(9-12)15(16,17)18/h5-7,9,11,14,19H,4,8,10H2,1-3H3. The number of alkyl halides is 3. The molecule has 0 heterocycles. The Morgan fingerprint density at radius 1 is 1.26 bits per heavy atom. The molecule has 0 spiro atoms. The smallest absolute Gasteiger partial charge is 0.317 e. The largest absolute Gasteiger partial charge is 0.416 e. The first kappa shape index (κ1) is 16.0. The Hall–Kier alpha value is -1.03. The van der Waals surface area contributed by atoms with E-state index in [0.717, 1.165) is 24.5 Å². The summed E-state index contributed by atoms with van der Waals surface area (Å²) in [5.74, 6) is 0.572. The van der Waals surface area contributed by atoms with E-state index in [1.165, 1.54) is 12.1 Å². The zero-order chi connectivity index (χ0) is 14.5. The molecule has 0 bridgehead atoms. The number of nitrogens with one attached hydrogen (secondary N) is 1. The normalized spacial score (nSPS) is 15.3. The van der Waals surface area contributed by atoms with E-state index < -0.39 is 11.7 Å². The summed E-state index contributed by atoms with van der Waals surface area (Å²) in [6.07, 6.45) is -1.57. The third-order valence-electron chi connectivity index (χ3n) is 3.53. The van der Waals surface area contributed by atoms with E-state index in [1.54, 1.807) is 6.07 Å². The Morgan fingerprint density at radius 3 is 2.47 bits per heavy atom. The summed E-state index contributed by atoms with van der Waals surface area (Å²) in [6.45, 7) is 4.29. The van der Waals surface area contributed by atoms with Crippen molar-refractivity contribution in [2.24, 2.45) is 5.92 Å². The highest BCUT2D eigenvalue weighted by Gasteiger charge is 2.30. The van der Waals surface area contributed by atoms with Gasteiger partial charge in [0.2, 0.25) is 0 Å². The molecule has 1 nitrogen and oxygen atoms in total. The van der Waals surface area contributed by atoms with Crippen molar-refractivity contribution < 1.29 is 13.2 Å². The van der Waals surface area contributed by atoms with E-state index in [9.17, 15) is 13.2 Å². The molecule has 0 saturated heterocycles. The van der Waals surface area contributed by atoms with Gasteiger partial charge in [-0.15, -0.1) is 0 Å². The topological polar surface area (TPSA) is 12.0 Å². The number of benzene rings is 1. The van der Waals surface area contributed by atoms with Crippen molar-refractivity contribution in [1.82, 2.24) is 5.32 Å². The Balaban J connectivity index is 2.75. The van der Waals surface area contributed by atoms with Crippen molar-refractivity contribution >= 4 is 0 Å². The Labute approximate surface area is 113 Å². The second-order valence-electron chi connectivity index (χ2n) is 5.14. The molecule has 0 radical (unpaired) electrons. The lowest BCUT2D eigenvalue weighted by Crippen LogP contribution is -2.29. The summed E-state index contributed by atoms with van der Waals surface area (Å²) in [4.78, 5) is 0. The number of rotatable bonds is 6. The van der Waals surface area contributed by atoms with Crippen molar-refractivity contribution in [3.05, 3.63) is 35.4 Å². The SMILES string of the molecule is CCC(C)CC(Cc1cccc(C(F)(F)F)c1)NC. The lowest BCUT2D eigenvalue weighted by molar-refractivity contribution is -0.137. The van der Waals surface area contributed by atoms with Gasteiger partial charge < -0.3 is 5.32 Å². The summed E-state index contributed by atoms with van der Waals surface area (Å²) in [6, 6.07) is 5.83. The zero-order valence-corrected chi connectivity index (χ0v) is 11.7. The van der Waals surface area contributed by atoms with E-state index in [2.05, 4.69) is 19.2 Å². The maximum atomic E-state index is 12.6. The summed E-state index contributed by atoms with van der Waals surface area (Å²) in [5.41, 5.74) is 0.167. The van der Waals surface area contributed by atoms with E-state index in [-0.39, 0.29) is 6.04 Å². The highest BCUT2D eigenvalue weighted by Crippen LogP contribution is 2.29. The molecule has 0 aliphatic rings. The zero-order valence-electron chi connectivity index (χ0n) is 11.7. The first-order chi connectivity index (χ1) is 8.86. The maximum absolute atomic E-state index is 12.6. The second kappa shape index (κ2) is 6.94. The first-order valence-corrected chi connectivity index (χ1v) is 6.70. The molecule has 0 fully saturated rings. The third kappa shape index (κ3) is 5.23. The molecule has 0 saturated carbocycles. The van der Waals surface area contributed by atoms with Crippen LogP contribution in [0.3, 0.4) is 0 Å². The molecule has 19 heavy (non-hydrogen) atoms. The fourth-order valence-corrected chi connectivity index (χ4v) is 2.11. The van der Waals surface area contributed by atoms with Gasteiger partial charge in [0.15, 0.2) is 0 Å². The lowest BCUT2D eigenvalue weighted by Gasteiger charge is -2.20. The monoisotopic (exact) mass is 273 g/mol. The third-order valence-corrected chi connectivity index (χ3v) is 3.53. The molecule has 0 aromatic heterocycles. The van der Waals surface area contributed by atoms with Crippen LogP contribution >= 0.6 is 0 Å². The van der Waals surface area contributed by atoms with Gasteiger partial charge in [-0.05, 0) is 37.4 Å². The number of halogens is 3. The average Bonchev–Trinajstić information content (AvgIpc) is 2.37. The van der Waals surface area contributed by atoms with Gasteiger partial charge >= 0.3 is 6.18 Å². The molecule has 0 amide bonds. The second-order valence-corrected chi connectivity index (χ2v) is 5.14. The van der Waals surface area contributed by atoms with Crippen LogP contribution in [0.1, 0.15) is 37.8 Å². The quantitative estimate of drug-likeness (QED) is 0.816. The van der Waals surface area contributed by atoms with Crippen molar-refractivity contribution in [2.45, 2.75) is 45.3 Å². The molecule has 2 atom stereocenters. The molecule has 1 aromatic rings. The maximum Gasteiger partial charge on any atom is 0.416 e. The minimum Gasteiger partial charge on any atom is -0.317 e. The number of hydrogen-bond acceptors (Lipinski definition) is 1. The van der Waals surface area contributed by atoms with Gasteiger partial charge in [-0.2, -0.15) is 13.2 Å². The molecule has 0 aliphatic carbocycles. The van der Waals surface area contributed by atoms with Crippen molar-refractivity contribution in [3.63, 3.8) is 0 Å². The number of hydrogen-bond donors (Lipinski definition) is 1. The van der Waals surface area contributed by atoms with E-state index in [4.69, 9.17) is 0 Å². The Morgan fingerprint density at radius 2 is 1.95 bits per heavy atom. The summed E-state index contributed by atoms with van der Waals surface area (Å²) in [5, 5.41) is 3.19. The Bertz CT molecular complexity index is 387. The van der Waals surface area contributed by atoms with Crippen LogP contribution in [0.25, 0.3) is 0 Å². The van der Waals surface area contributed by atoms with Gasteiger partial charge in [-0.25, -0.2) is 0 Å². The highest BCUT2D eigenvalue weighted by atomic mass is 19.4. The molecule has 2 unspecified atom stereocenters. The van der Waals surface area contributed by atoms with Crippen molar-refractivity contribution in [3.8, 4) is 0 Å². The van der Waals surface area contributed by atoms with Crippen LogP contribution in [0.4, 0.5) is 13.2 Å². The van der Waals surface area contributed by atoms with Gasteiger partial charge in [0.1, 0.15) is 0 Å². The van der Waals surface area contributed by atoms with Gasteiger partial charge in [0, 0.05) is 6.04 Å². The predicted molar refractivity (Wildman–Crippen MR) is 72.1 cm³/mol. The molecule has 1 N–H and O–H groups in total. The average molecular weight is 273 g/mol. The molecule has 4 heteroatoms. The minimum absolute atomic E-state index is 0.221. The minimum atomic E-state index is -4.26. The molecule has 1 aromatic carbocycles. The van der Waals surface area contributed by atoms with Crippen molar-refractivity contribution in [1.29, 1.82) is 0 Å². The molecular weight excluding hydrogens is 251 g/mol. The molecule has 0 aliphatic heterocycles.